The van der Waals surface area contributed by atoms with Gasteiger partial charge in [-0.15, -0.1) is 10.2 Å². The molecule has 0 aliphatic carbocycles. The quantitative estimate of drug-likeness (QED) is 0.467. The maximum absolute atomic E-state index is 12.1. The molecule has 6 nitrogen and oxygen atoms in total. The zero-order valence-electron chi connectivity index (χ0n) is 12.8. The van der Waals surface area contributed by atoms with Crippen LogP contribution in [0.5, 0.6) is 0 Å². The number of nitrogen functional groups attached to an aromatic ring is 1. The molecule has 0 spiro atoms. The highest BCUT2D eigenvalue weighted by molar-refractivity contribution is 9.10. The first-order chi connectivity index (χ1) is 12.1. The minimum atomic E-state index is -0.205. The fourth-order valence-electron chi connectivity index (χ4n) is 2.08. The van der Waals surface area contributed by atoms with Gasteiger partial charge in [0.15, 0.2) is 5.82 Å². The average Bonchev–Trinajstić information content (AvgIpc) is 2.96. The minimum absolute atomic E-state index is 0.135. The summed E-state index contributed by atoms with van der Waals surface area (Å²) in [5, 5.41) is 11.8. The second-order valence-electron chi connectivity index (χ2n) is 4.97. The Balaban J connectivity index is 1.67. The van der Waals surface area contributed by atoms with E-state index in [1.807, 2.05) is 24.3 Å². The van der Waals surface area contributed by atoms with Crippen molar-refractivity contribution < 1.29 is 4.79 Å². The molecule has 0 aliphatic rings. The maximum atomic E-state index is 12.1. The molecule has 1 amide bonds. The van der Waals surface area contributed by atoms with Crippen molar-refractivity contribution in [1.82, 2.24) is 14.9 Å². The van der Waals surface area contributed by atoms with Gasteiger partial charge in [-0.2, -0.15) is 0 Å². The molecule has 0 bridgehead atoms. The number of carbonyl (C=O) groups excluding carboxylic acids is 1. The number of nitrogens with one attached hydrogen (secondary N) is 1. The van der Waals surface area contributed by atoms with Crippen LogP contribution < -0.4 is 11.2 Å². The van der Waals surface area contributed by atoms with Crippen LogP contribution in [0.4, 0.5) is 5.69 Å². The predicted octanol–water partition coefficient (Wildman–Crippen LogP) is 3.81. The van der Waals surface area contributed by atoms with Crippen LogP contribution in [0.3, 0.4) is 0 Å². The topological polar surface area (TPSA) is 85.8 Å². The molecule has 9 heteroatoms. The fourth-order valence-corrected chi connectivity index (χ4v) is 3.38. The number of hydrogen-bond acceptors (Lipinski definition) is 5. The zero-order chi connectivity index (χ0) is 17.8. The number of thioether (sulfide) groups is 1. The molecule has 0 saturated heterocycles. The van der Waals surface area contributed by atoms with Crippen LogP contribution in [0.2, 0.25) is 5.02 Å². The number of carbonyl (C=O) groups is 1. The third-order valence-electron chi connectivity index (χ3n) is 3.26. The summed E-state index contributed by atoms with van der Waals surface area (Å²) in [6, 6.07) is 14.6. The van der Waals surface area contributed by atoms with Crippen LogP contribution >= 0.6 is 39.3 Å². The van der Waals surface area contributed by atoms with Gasteiger partial charge in [0.05, 0.1) is 16.5 Å². The molecule has 3 N–H and O–H groups in total. The van der Waals surface area contributed by atoms with Gasteiger partial charge in [-0.25, -0.2) is 4.68 Å². The number of halogens is 2. The van der Waals surface area contributed by atoms with Crippen molar-refractivity contribution in [1.29, 1.82) is 0 Å². The highest BCUT2D eigenvalue weighted by atomic mass is 79.9. The monoisotopic (exact) mass is 437 g/mol. The van der Waals surface area contributed by atoms with Crippen molar-refractivity contribution in [3.05, 3.63) is 58.0 Å². The molecule has 2 aromatic carbocycles. The number of amides is 1. The van der Waals surface area contributed by atoms with E-state index in [1.54, 1.807) is 24.3 Å². The predicted molar refractivity (Wildman–Crippen MR) is 104 cm³/mol. The Labute approximate surface area is 161 Å². The zero-order valence-corrected chi connectivity index (χ0v) is 16.0. The van der Waals surface area contributed by atoms with Crippen LogP contribution in [0, 0.1) is 0 Å². The average molecular weight is 439 g/mol. The largest absolute Gasteiger partial charge is 0.335 e. The highest BCUT2D eigenvalue weighted by Gasteiger charge is 2.15. The molecule has 0 saturated carbocycles. The van der Waals surface area contributed by atoms with E-state index >= 15 is 0 Å². The van der Waals surface area contributed by atoms with E-state index in [4.69, 9.17) is 17.4 Å². The van der Waals surface area contributed by atoms with Gasteiger partial charge in [-0.3, -0.25) is 4.79 Å². The van der Waals surface area contributed by atoms with Crippen molar-refractivity contribution in [3.8, 4) is 11.4 Å². The molecular weight excluding hydrogens is 426 g/mol. The lowest BCUT2D eigenvalue weighted by Crippen LogP contribution is -2.16. The number of aromatic nitrogens is 3. The minimum Gasteiger partial charge on any atom is -0.335 e. The van der Waals surface area contributed by atoms with E-state index in [9.17, 15) is 4.79 Å². The summed E-state index contributed by atoms with van der Waals surface area (Å²) in [6.07, 6.45) is 0. The molecule has 1 aromatic heterocycles. The van der Waals surface area contributed by atoms with Crippen molar-refractivity contribution in [2.45, 2.75) is 5.16 Å². The van der Waals surface area contributed by atoms with Crippen molar-refractivity contribution in [2.75, 3.05) is 16.9 Å². The first kappa shape index (κ1) is 17.8. The number of anilines is 1. The smallest absolute Gasteiger partial charge is 0.234 e. The van der Waals surface area contributed by atoms with Crippen LogP contribution in [-0.2, 0) is 4.79 Å². The van der Waals surface area contributed by atoms with Gasteiger partial charge in [0, 0.05) is 10.0 Å². The summed E-state index contributed by atoms with van der Waals surface area (Å²) in [5.41, 5.74) is 1.39. The van der Waals surface area contributed by atoms with Crippen LogP contribution in [-0.4, -0.2) is 26.5 Å². The van der Waals surface area contributed by atoms with Gasteiger partial charge >= 0.3 is 0 Å². The molecule has 3 aromatic rings. The number of rotatable bonds is 5. The normalized spacial score (nSPS) is 10.6. The molecule has 128 valence electrons. The molecule has 1 heterocycles. The van der Waals surface area contributed by atoms with Gasteiger partial charge in [0.25, 0.3) is 0 Å². The van der Waals surface area contributed by atoms with E-state index < -0.39 is 0 Å². The number of benzene rings is 2. The van der Waals surface area contributed by atoms with Gasteiger partial charge in [0.2, 0.25) is 11.1 Å². The van der Waals surface area contributed by atoms with Crippen molar-refractivity contribution in [2.24, 2.45) is 0 Å². The Kier molecular flexibility index (Phi) is 5.62. The number of para-hydroxylation sites is 1. The summed E-state index contributed by atoms with van der Waals surface area (Å²) in [4.78, 5) is 12.1. The Morgan fingerprint density at radius 2 is 1.92 bits per heavy atom. The van der Waals surface area contributed by atoms with Gasteiger partial charge in [-0.05, 0) is 24.3 Å². The van der Waals surface area contributed by atoms with E-state index in [2.05, 4.69) is 31.4 Å². The second kappa shape index (κ2) is 7.90. The number of hydrogen-bond donors (Lipinski definition) is 2. The molecule has 3 rings (SSSR count). The number of nitrogens with two attached hydrogens (primary N) is 1. The first-order valence-corrected chi connectivity index (χ1v) is 9.34. The van der Waals surface area contributed by atoms with Crippen LogP contribution in [0.15, 0.2) is 58.2 Å². The Hall–Kier alpha value is -2.03. The van der Waals surface area contributed by atoms with Crippen molar-refractivity contribution in [3.63, 3.8) is 0 Å². The Morgan fingerprint density at radius 3 is 2.68 bits per heavy atom. The van der Waals surface area contributed by atoms with Crippen LogP contribution in [0.1, 0.15) is 0 Å². The Bertz CT molecular complexity index is 917. The molecule has 0 aliphatic heterocycles. The molecule has 0 fully saturated rings. The summed E-state index contributed by atoms with van der Waals surface area (Å²) >= 11 is 10.7. The molecular formula is C16H13BrClN5OS. The summed E-state index contributed by atoms with van der Waals surface area (Å²) in [5.74, 6) is 6.51. The van der Waals surface area contributed by atoms with Gasteiger partial charge < -0.3 is 11.2 Å². The second-order valence-corrected chi connectivity index (χ2v) is 7.18. The molecule has 0 atom stereocenters. The Morgan fingerprint density at radius 1 is 1.20 bits per heavy atom. The van der Waals surface area contributed by atoms with E-state index in [-0.39, 0.29) is 11.7 Å². The van der Waals surface area contributed by atoms with E-state index in [1.165, 1.54) is 16.4 Å². The third-order valence-corrected chi connectivity index (χ3v) is 5.22. The first-order valence-electron chi connectivity index (χ1n) is 7.19. The lowest BCUT2D eigenvalue weighted by atomic mass is 10.2. The summed E-state index contributed by atoms with van der Waals surface area (Å²) in [6.45, 7) is 0. The lowest BCUT2D eigenvalue weighted by Gasteiger charge is -2.07. The van der Waals surface area contributed by atoms with Gasteiger partial charge in [-0.1, -0.05) is 63.6 Å². The number of nitrogens with zero attached hydrogens (tertiary/aromatic N) is 3. The van der Waals surface area contributed by atoms with Gasteiger partial charge in [0.1, 0.15) is 0 Å². The molecule has 25 heavy (non-hydrogen) atoms. The molecule has 0 radical (unpaired) electrons. The van der Waals surface area contributed by atoms with Crippen LogP contribution in [0.25, 0.3) is 11.4 Å². The maximum Gasteiger partial charge on any atom is 0.234 e. The fraction of sp³-hybridized carbons (Fsp3) is 0.0625. The summed E-state index contributed by atoms with van der Waals surface area (Å²) < 4.78 is 2.23. The van der Waals surface area contributed by atoms with E-state index in [0.29, 0.717) is 21.7 Å². The SMILES string of the molecule is Nn1c(SCC(=O)Nc2ccccc2Cl)nnc1-c1ccccc1Br. The van der Waals surface area contributed by atoms with E-state index in [0.717, 1.165) is 10.0 Å². The van der Waals surface area contributed by atoms with Crippen molar-refractivity contribution >= 4 is 50.9 Å². The summed E-state index contributed by atoms with van der Waals surface area (Å²) in [7, 11) is 0. The lowest BCUT2D eigenvalue weighted by molar-refractivity contribution is -0.113. The standard InChI is InChI=1S/C16H13BrClN5OS/c17-11-6-2-1-5-10(11)15-21-22-16(23(15)19)25-9-14(24)20-13-8-4-3-7-12(13)18/h1-8H,9,19H2,(H,20,24). The molecule has 0 unspecified atom stereocenters. The third kappa shape index (κ3) is 4.15. The highest BCUT2D eigenvalue weighted by Crippen LogP contribution is 2.28.